The van der Waals surface area contributed by atoms with E-state index in [9.17, 15) is 9.59 Å². The molecule has 0 saturated carbocycles. The molecule has 1 aromatic carbocycles. The van der Waals surface area contributed by atoms with Crippen LogP contribution in [0.25, 0.3) is 0 Å². The summed E-state index contributed by atoms with van der Waals surface area (Å²) in [5.41, 5.74) is -0.309. The number of para-hydroxylation sites is 1. The minimum absolute atomic E-state index is 0.0700. The van der Waals surface area contributed by atoms with Gasteiger partial charge in [-0.15, -0.1) is 0 Å². The number of nitrogens with zero attached hydrogens (tertiary/aromatic N) is 3. The van der Waals surface area contributed by atoms with E-state index in [0.717, 1.165) is 10.2 Å². The van der Waals surface area contributed by atoms with Gasteiger partial charge in [-0.3, -0.25) is 9.59 Å². The van der Waals surface area contributed by atoms with E-state index in [1.807, 2.05) is 58.9 Å². The topological polar surface area (TPSA) is 88.3 Å². The van der Waals surface area contributed by atoms with Gasteiger partial charge < -0.3 is 14.7 Å². The average Bonchev–Trinajstić information content (AvgIpc) is 3.22. The van der Waals surface area contributed by atoms with E-state index in [0.29, 0.717) is 18.3 Å². The molecule has 2 heterocycles. The van der Waals surface area contributed by atoms with Crippen LogP contribution in [0.15, 0.2) is 33.3 Å². The molecule has 1 aliphatic rings. The predicted molar refractivity (Wildman–Crippen MR) is 109 cm³/mol. The highest BCUT2D eigenvalue weighted by molar-refractivity contribution is 9.10. The van der Waals surface area contributed by atoms with Crippen LogP contribution in [0.1, 0.15) is 52.8 Å². The molecule has 1 atom stereocenters. The summed E-state index contributed by atoms with van der Waals surface area (Å²) in [6.45, 7) is 9.93. The molecule has 0 bridgehead atoms. The summed E-state index contributed by atoms with van der Waals surface area (Å²) >= 11 is 3.47. The van der Waals surface area contributed by atoms with Gasteiger partial charge in [-0.25, -0.2) is 0 Å². The van der Waals surface area contributed by atoms with Crippen molar-refractivity contribution in [3.8, 4) is 0 Å². The highest BCUT2D eigenvalue weighted by atomic mass is 79.9. The van der Waals surface area contributed by atoms with Gasteiger partial charge in [0.2, 0.25) is 17.7 Å². The van der Waals surface area contributed by atoms with Crippen molar-refractivity contribution in [2.75, 3.05) is 11.4 Å². The lowest BCUT2D eigenvalue weighted by atomic mass is 9.96. The van der Waals surface area contributed by atoms with Crippen molar-refractivity contribution >= 4 is 33.4 Å². The number of rotatable bonds is 4. The zero-order chi connectivity index (χ0) is 20.7. The molecule has 0 radical (unpaired) electrons. The lowest BCUT2D eigenvalue weighted by molar-refractivity contribution is -0.127. The summed E-state index contributed by atoms with van der Waals surface area (Å²) in [4.78, 5) is 31.4. The van der Waals surface area contributed by atoms with Gasteiger partial charge in [0.25, 0.3) is 0 Å². The highest BCUT2D eigenvalue weighted by Gasteiger charge is 2.39. The van der Waals surface area contributed by atoms with E-state index in [-0.39, 0.29) is 23.7 Å². The fraction of sp³-hybridized carbons (Fsp3) is 0.500. The summed E-state index contributed by atoms with van der Waals surface area (Å²) < 4.78 is 6.17. The third kappa shape index (κ3) is 4.11. The van der Waals surface area contributed by atoms with Gasteiger partial charge in [0.05, 0.1) is 17.1 Å². The number of benzene rings is 1. The molecule has 8 heteroatoms. The van der Waals surface area contributed by atoms with Crippen molar-refractivity contribution in [3.05, 3.63) is 40.5 Å². The van der Waals surface area contributed by atoms with E-state index in [1.54, 1.807) is 4.90 Å². The Morgan fingerprint density at radius 2 is 1.93 bits per heavy atom. The first-order valence-electron chi connectivity index (χ1n) is 9.20. The van der Waals surface area contributed by atoms with E-state index in [2.05, 4.69) is 31.4 Å². The molecule has 28 heavy (non-hydrogen) atoms. The average molecular weight is 449 g/mol. The summed E-state index contributed by atoms with van der Waals surface area (Å²) in [7, 11) is 0. The normalized spacial score (nSPS) is 17.9. The number of amides is 2. The highest BCUT2D eigenvalue weighted by Crippen LogP contribution is 2.32. The van der Waals surface area contributed by atoms with E-state index >= 15 is 0 Å². The maximum atomic E-state index is 12.9. The summed E-state index contributed by atoms with van der Waals surface area (Å²) in [6.07, 6.45) is 0.169. The second kappa shape index (κ2) is 7.31. The first-order chi connectivity index (χ1) is 13.0. The molecule has 1 aliphatic heterocycles. The Kier molecular flexibility index (Phi) is 5.36. The number of hydrogen-bond acceptors (Lipinski definition) is 5. The number of halogens is 1. The van der Waals surface area contributed by atoms with Crippen LogP contribution in [0.5, 0.6) is 0 Å². The molecule has 1 N–H and O–H groups in total. The zero-order valence-electron chi connectivity index (χ0n) is 16.7. The Bertz CT molecular complexity index is 901. The minimum atomic E-state index is -0.812. The van der Waals surface area contributed by atoms with Gasteiger partial charge in [0.15, 0.2) is 5.82 Å². The molecule has 150 valence electrons. The Labute approximate surface area is 173 Å². The van der Waals surface area contributed by atoms with Gasteiger partial charge >= 0.3 is 0 Å². The second-order valence-electron chi connectivity index (χ2n) is 8.64. The van der Waals surface area contributed by atoms with E-state index < -0.39 is 11.5 Å². The van der Waals surface area contributed by atoms with Crippen molar-refractivity contribution in [3.63, 3.8) is 0 Å². The van der Waals surface area contributed by atoms with Crippen LogP contribution in [-0.4, -0.2) is 28.5 Å². The van der Waals surface area contributed by atoms with Gasteiger partial charge in [-0.05, 0) is 41.9 Å². The van der Waals surface area contributed by atoms with Crippen molar-refractivity contribution < 1.29 is 14.1 Å². The molecular formula is C20H25BrN4O3. The molecule has 3 rings (SSSR count). The molecule has 7 nitrogen and oxygen atoms in total. The lowest BCUT2D eigenvalue weighted by Gasteiger charge is -2.24. The van der Waals surface area contributed by atoms with Gasteiger partial charge in [0.1, 0.15) is 0 Å². The Morgan fingerprint density at radius 3 is 2.54 bits per heavy atom. The zero-order valence-corrected chi connectivity index (χ0v) is 18.3. The summed E-state index contributed by atoms with van der Waals surface area (Å²) in [6, 6.07) is 7.49. The fourth-order valence-corrected chi connectivity index (χ4v) is 3.53. The molecule has 2 aromatic rings. The summed E-state index contributed by atoms with van der Waals surface area (Å²) in [5, 5.41) is 7.01. The maximum Gasteiger partial charge on any atom is 0.232 e. The van der Waals surface area contributed by atoms with Crippen molar-refractivity contribution in [1.82, 2.24) is 15.5 Å². The van der Waals surface area contributed by atoms with Gasteiger partial charge in [0, 0.05) is 22.9 Å². The number of carbonyl (C=O) groups excluding carboxylic acids is 2. The quantitative estimate of drug-likeness (QED) is 0.772. The van der Waals surface area contributed by atoms with Crippen molar-refractivity contribution in [1.29, 1.82) is 0 Å². The third-order valence-corrected chi connectivity index (χ3v) is 5.37. The molecule has 1 fully saturated rings. The Morgan fingerprint density at radius 1 is 1.25 bits per heavy atom. The first kappa shape index (κ1) is 20.5. The minimum Gasteiger partial charge on any atom is -0.343 e. The SMILES string of the molecule is CC(C)(C)c1nc(C(C)(C)NC(=O)C2CC(=O)N(c3ccccc3Br)C2)no1. The molecule has 0 spiro atoms. The lowest BCUT2D eigenvalue weighted by Crippen LogP contribution is -2.45. The number of hydrogen-bond donors (Lipinski definition) is 1. The van der Waals surface area contributed by atoms with E-state index in [4.69, 9.17) is 4.52 Å². The molecule has 1 saturated heterocycles. The molecule has 0 aliphatic carbocycles. The number of aromatic nitrogens is 2. The monoisotopic (exact) mass is 448 g/mol. The number of carbonyl (C=O) groups is 2. The Hall–Kier alpha value is -2.22. The van der Waals surface area contributed by atoms with Crippen LogP contribution in [0.2, 0.25) is 0 Å². The van der Waals surface area contributed by atoms with Gasteiger partial charge in [-0.1, -0.05) is 38.1 Å². The van der Waals surface area contributed by atoms with Crippen molar-refractivity contribution in [2.45, 2.75) is 52.0 Å². The smallest absolute Gasteiger partial charge is 0.232 e. The molecule has 1 unspecified atom stereocenters. The van der Waals surface area contributed by atoms with Crippen LogP contribution < -0.4 is 10.2 Å². The van der Waals surface area contributed by atoms with Crippen LogP contribution in [0.4, 0.5) is 5.69 Å². The standard InChI is InChI=1S/C20H25BrN4O3/c1-19(2,3)18-22-17(24-28-18)20(4,5)23-16(27)12-10-15(26)25(11-12)14-9-7-6-8-13(14)21/h6-9,12H,10-11H2,1-5H3,(H,23,27). The third-order valence-electron chi connectivity index (χ3n) is 4.70. The molecule has 1 aromatic heterocycles. The predicted octanol–water partition coefficient (Wildman–Crippen LogP) is 3.53. The molecular weight excluding hydrogens is 424 g/mol. The fourth-order valence-electron chi connectivity index (χ4n) is 3.03. The molecule has 2 amide bonds. The number of anilines is 1. The van der Waals surface area contributed by atoms with Crippen LogP contribution in [0.3, 0.4) is 0 Å². The van der Waals surface area contributed by atoms with E-state index in [1.165, 1.54) is 0 Å². The number of nitrogens with one attached hydrogen (secondary N) is 1. The van der Waals surface area contributed by atoms with Crippen LogP contribution in [0, 0.1) is 5.92 Å². The first-order valence-corrected chi connectivity index (χ1v) is 10.00. The largest absolute Gasteiger partial charge is 0.343 e. The summed E-state index contributed by atoms with van der Waals surface area (Å²) in [5.74, 6) is 0.223. The van der Waals surface area contributed by atoms with Crippen LogP contribution >= 0.6 is 15.9 Å². The Balaban J connectivity index is 1.72. The van der Waals surface area contributed by atoms with Crippen molar-refractivity contribution in [2.24, 2.45) is 5.92 Å². The van der Waals surface area contributed by atoms with Gasteiger partial charge in [-0.2, -0.15) is 4.98 Å². The van der Waals surface area contributed by atoms with Crippen LogP contribution in [-0.2, 0) is 20.5 Å². The maximum absolute atomic E-state index is 12.9. The second-order valence-corrected chi connectivity index (χ2v) is 9.50.